The van der Waals surface area contributed by atoms with Gasteiger partial charge in [-0.2, -0.15) is 0 Å². The molecule has 0 fully saturated rings. The van der Waals surface area contributed by atoms with E-state index in [1.165, 1.54) is 87.6 Å². The van der Waals surface area contributed by atoms with E-state index in [-0.39, 0.29) is 0 Å². The molecule has 0 saturated heterocycles. The molecule has 0 amide bonds. The molecule has 0 radical (unpaired) electrons. The van der Waals surface area contributed by atoms with Gasteiger partial charge in [-0.3, -0.25) is 0 Å². The first kappa shape index (κ1) is 69.1. The molecule has 122 heavy (non-hydrogen) atoms. The van der Waals surface area contributed by atoms with Crippen molar-refractivity contribution in [1.29, 1.82) is 0 Å². The Kier molecular flexibility index (Phi) is 17.5. The minimum absolute atomic E-state index is 0.329. The lowest BCUT2D eigenvalue weighted by atomic mass is 9.95. The topological polar surface area (TPSA) is 68.1 Å². The van der Waals surface area contributed by atoms with Gasteiger partial charge in [-0.25, -0.2) is 18.3 Å². The summed E-state index contributed by atoms with van der Waals surface area (Å²) in [7, 11) is 7.98. The number of benzene rings is 15. The third-order valence-electron chi connectivity index (χ3n) is 24.6. The summed E-state index contributed by atoms with van der Waals surface area (Å²) in [4.78, 5) is 0. The van der Waals surface area contributed by atoms with Crippen molar-refractivity contribution in [2.24, 2.45) is 28.2 Å². The standard InChI is InChI=1S/C31H26NO.2C30H24NO.C23H18NO/c1-19-9-12-23(13-10-19)26-17-27(32(4)18-21(26)3)29-20(2)11-15-25-30-24-8-6-5-7-22(24)14-16-28(30)33-31(25)29;1-19-13-15-24-29-23-12-8-7-11-22(23)14-16-27(29)32-30(24)28(19)26-17-25(20(2)18-31(26)3)21-9-5-4-6-10-21;1-19-8-11-21(12-9-19)23-16-17-31(3)26(18-23)28-20(2)10-14-25-29-24-7-5-4-6-22(24)13-15-27(29)32-30(25)28;1-15-13-19-22(14-18(15)20-9-5-6-12-24(20)2)25-21-11-10-16-7-3-4-8-17(16)23(19)21/h5-18H,1-4H3;2*4-18H,1-3H3;3-14H,1-2H3/q4*+1/i3D3;2D3;;. The highest BCUT2D eigenvalue weighted by atomic mass is 16.3. The van der Waals surface area contributed by atoms with E-state index in [1.807, 2.05) is 127 Å². The fourth-order valence-corrected chi connectivity index (χ4v) is 18.2. The minimum Gasteiger partial charge on any atom is -0.456 e. The number of nitrogens with zero attached hydrogens (tertiary/aromatic N) is 4. The number of furan rings is 4. The van der Waals surface area contributed by atoms with Crippen molar-refractivity contribution in [2.75, 3.05) is 0 Å². The normalized spacial score (nSPS) is 12.5. The van der Waals surface area contributed by atoms with Gasteiger partial charge in [-0.05, 0) is 196 Å². The van der Waals surface area contributed by atoms with Crippen LogP contribution in [0.5, 0.6) is 0 Å². The van der Waals surface area contributed by atoms with Gasteiger partial charge >= 0.3 is 0 Å². The number of rotatable bonds is 7. The lowest BCUT2D eigenvalue weighted by Gasteiger charge is -2.10. The van der Waals surface area contributed by atoms with E-state index >= 15 is 0 Å². The molecule has 0 unspecified atom stereocenters. The summed E-state index contributed by atoms with van der Waals surface area (Å²) in [6.45, 7) is 8.15. The molecule has 0 aliphatic heterocycles. The quantitative estimate of drug-likeness (QED) is 0.149. The molecule has 0 spiro atoms. The Morgan fingerprint density at radius 3 is 1.04 bits per heavy atom. The minimum atomic E-state index is -2.24. The van der Waals surface area contributed by atoms with Crippen LogP contribution in [-0.2, 0) is 28.2 Å². The van der Waals surface area contributed by atoms with E-state index < -0.39 is 13.7 Å². The smallest absolute Gasteiger partial charge is 0.216 e. The average Bonchev–Trinajstić information content (AvgIpc) is 1.60. The maximum atomic E-state index is 8.20. The zero-order valence-electron chi connectivity index (χ0n) is 75.8. The Morgan fingerprint density at radius 2 is 0.607 bits per heavy atom. The number of fused-ring (bicyclic) bond motifs is 20. The maximum absolute atomic E-state index is 8.20. The van der Waals surface area contributed by atoms with E-state index in [0.29, 0.717) is 22.3 Å². The summed E-state index contributed by atoms with van der Waals surface area (Å²) in [6, 6.07) is 109. The monoisotopic (exact) mass is 1590 g/mol. The molecule has 0 saturated carbocycles. The fraction of sp³-hybridized carbons (Fsp3) is 0.105. The molecular formula is C114H92N4O4+4. The van der Waals surface area contributed by atoms with Gasteiger partial charge in [-0.1, -0.05) is 248 Å². The molecule has 0 aliphatic carbocycles. The predicted octanol–water partition coefficient (Wildman–Crippen LogP) is 28.4. The van der Waals surface area contributed by atoms with Crippen molar-refractivity contribution in [3.63, 3.8) is 0 Å². The molecule has 0 bridgehead atoms. The van der Waals surface area contributed by atoms with E-state index in [4.69, 9.17) is 25.9 Å². The zero-order valence-corrected chi connectivity index (χ0v) is 69.8. The van der Waals surface area contributed by atoms with Gasteiger partial charge in [0, 0.05) is 98.8 Å². The van der Waals surface area contributed by atoms with E-state index in [9.17, 15) is 0 Å². The van der Waals surface area contributed by atoms with Gasteiger partial charge in [0.25, 0.3) is 0 Å². The second kappa shape index (κ2) is 30.8. The third-order valence-corrected chi connectivity index (χ3v) is 24.6. The number of aromatic nitrogens is 4. The second-order valence-electron chi connectivity index (χ2n) is 32.5. The van der Waals surface area contributed by atoms with Crippen molar-refractivity contribution in [2.45, 2.75) is 55.2 Å². The average molecular weight is 1590 g/mol. The van der Waals surface area contributed by atoms with Crippen LogP contribution in [0.4, 0.5) is 0 Å². The summed E-state index contributed by atoms with van der Waals surface area (Å²) >= 11 is 0. The highest BCUT2D eigenvalue weighted by Gasteiger charge is 2.28. The van der Waals surface area contributed by atoms with Gasteiger partial charge in [-0.15, -0.1) is 0 Å². The Bertz CT molecular complexity index is 8400. The predicted molar refractivity (Wildman–Crippen MR) is 506 cm³/mol. The number of pyridine rings is 4. The van der Waals surface area contributed by atoms with Gasteiger partial charge in [0.2, 0.25) is 22.8 Å². The van der Waals surface area contributed by atoms with Crippen molar-refractivity contribution >= 4 is 131 Å². The van der Waals surface area contributed by atoms with Crippen LogP contribution in [0, 0.1) is 55.2 Å². The van der Waals surface area contributed by atoms with Gasteiger partial charge in [0.15, 0.2) is 24.8 Å². The molecule has 8 heterocycles. The maximum Gasteiger partial charge on any atom is 0.216 e. The largest absolute Gasteiger partial charge is 0.456 e. The van der Waals surface area contributed by atoms with Crippen LogP contribution in [0.2, 0.25) is 0 Å². The van der Waals surface area contributed by atoms with Crippen LogP contribution in [-0.4, -0.2) is 0 Å². The van der Waals surface area contributed by atoms with Crippen molar-refractivity contribution in [3.8, 4) is 78.4 Å². The van der Waals surface area contributed by atoms with Crippen LogP contribution in [0.15, 0.2) is 358 Å². The first-order chi connectivity index (χ1) is 61.9. The molecule has 0 atom stereocenters. The van der Waals surface area contributed by atoms with Crippen molar-refractivity contribution in [3.05, 3.63) is 385 Å². The summed E-state index contributed by atoms with van der Waals surface area (Å²) in [5, 5.41) is 18.7. The van der Waals surface area contributed by atoms with Crippen LogP contribution in [0.3, 0.4) is 0 Å². The molecule has 8 nitrogen and oxygen atoms in total. The lowest BCUT2D eigenvalue weighted by Crippen LogP contribution is -2.31. The van der Waals surface area contributed by atoms with Crippen LogP contribution in [0.1, 0.15) is 52.7 Å². The highest BCUT2D eigenvalue weighted by molar-refractivity contribution is 6.24. The van der Waals surface area contributed by atoms with Gasteiger partial charge in [0.05, 0.1) is 22.3 Å². The summed E-state index contributed by atoms with van der Waals surface area (Å²) in [5.41, 5.74) is 28.8. The molecule has 8 heteroatoms. The number of aryl methyl sites for hydroxylation is 12. The SMILES string of the molecule is Cc1cc2c(cc1-c1cccc[n+]1C)oc1ccc3ccccc3c12.Cc1ccc(-c2cc[n+](C)c(-c3c(C)ccc4c3oc3ccc5ccccc5c34)c2)cc1.[2H]C([2H])([2H])c1c[n+](C)c(-c2c(C)ccc3c2oc2ccc4ccccc4c23)cc1-c1ccc(C)cc1.[2H]C([2H])([2H])c1c[n+](C)c(-c2c(C)ccc3c2oc2ccc4ccccc4c23)cc1-c1ccccc1. The first-order valence-corrected chi connectivity index (χ1v) is 41.5. The molecule has 0 N–H and O–H groups in total. The molecule has 15 aromatic carbocycles. The van der Waals surface area contributed by atoms with E-state index in [2.05, 4.69) is 289 Å². The van der Waals surface area contributed by atoms with Crippen molar-refractivity contribution in [1.82, 2.24) is 0 Å². The Labute approximate surface area is 717 Å². The van der Waals surface area contributed by atoms with Crippen LogP contribution in [0.25, 0.3) is 209 Å². The number of hydrogen-bond donors (Lipinski definition) is 0. The number of hydrogen-bond acceptors (Lipinski definition) is 4. The summed E-state index contributed by atoms with van der Waals surface area (Å²) in [6.07, 6.45) is 7.70. The fourth-order valence-electron chi connectivity index (χ4n) is 18.2. The van der Waals surface area contributed by atoms with Gasteiger partial charge < -0.3 is 17.7 Å². The van der Waals surface area contributed by atoms with Crippen LogP contribution < -0.4 is 18.3 Å². The third kappa shape index (κ3) is 13.4. The van der Waals surface area contributed by atoms with E-state index in [0.717, 1.165) is 144 Å². The highest BCUT2D eigenvalue weighted by Crippen LogP contribution is 2.46. The Balaban J connectivity index is 0.000000108. The van der Waals surface area contributed by atoms with Crippen molar-refractivity contribution < 1.29 is 44.2 Å². The van der Waals surface area contributed by atoms with Gasteiger partial charge in [0.1, 0.15) is 72.9 Å². The molecular weight excluding hydrogens is 1490 g/mol. The zero-order chi connectivity index (χ0) is 88.3. The first-order valence-electron chi connectivity index (χ1n) is 44.5. The van der Waals surface area contributed by atoms with Crippen LogP contribution >= 0.6 is 0 Å². The van der Waals surface area contributed by atoms with E-state index in [1.54, 1.807) is 12.4 Å². The second-order valence-corrected chi connectivity index (χ2v) is 32.5. The molecule has 23 aromatic rings. The summed E-state index contributed by atoms with van der Waals surface area (Å²) < 4.78 is 83.0. The lowest BCUT2D eigenvalue weighted by molar-refractivity contribution is -0.660. The molecule has 0 aliphatic rings. The molecule has 8 aromatic heterocycles. The molecule has 23 rings (SSSR count). The Morgan fingerprint density at radius 1 is 0.230 bits per heavy atom. The summed E-state index contributed by atoms with van der Waals surface area (Å²) in [5.74, 6) is 0. The molecule has 588 valence electrons. The Hall–Kier alpha value is -14.9.